The maximum absolute atomic E-state index is 12.1. The van der Waals surface area contributed by atoms with Crippen molar-refractivity contribution in [2.45, 2.75) is 70.0 Å². The van der Waals surface area contributed by atoms with Gasteiger partial charge in [0.2, 0.25) is 5.91 Å². The number of hydrogen-bond donors (Lipinski definition) is 2. The molecule has 1 heterocycles. The Labute approximate surface area is 110 Å². The lowest BCUT2D eigenvalue weighted by molar-refractivity contribution is -0.125. The fourth-order valence-corrected chi connectivity index (χ4v) is 3.35. The van der Waals surface area contributed by atoms with Crippen LogP contribution in [0.1, 0.15) is 51.9 Å². The van der Waals surface area contributed by atoms with E-state index in [4.69, 9.17) is 0 Å². The van der Waals surface area contributed by atoms with Crippen molar-refractivity contribution in [1.29, 1.82) is 0 Å². The van der Waals surface area contributed by atoms with Crippen molar-refractivity contribution in [1.82, 2.24) is 10.6 Å². The van der Waals surface area contributed by atoms with Crippen molar-refractivity contribution in [2.75, 3.05) is 0 Å². The van der Waals surface area contributed by atoms with Gasteiger partial charge in [0, 0.05) is 12.1 Å². The molecule has 4 atom stereocenters. The SMILES string of the molecule is C=CCC(C)NC(=O)C1CCC2CCCCC2N1. The first-order valence-electron chi connectivity index (χ1n) is 7.38. The van der Waals surface area contributed by atoms with Crippen molar-refractivity contribution in [3.05, 3.63) is 12.7 Å². The van der Waals surface area contributed by atoms with Crippen LogP contribution in [0.2, 0.25) is 0 Å². The third-order valence-electron chi connectivity index (χ3n) is 4.38. The van der Waals surface area contributed by atoms with Gasteiger partial charge in [-0.15, -0.1) is 6.58 Å². The van der Waals surface area contributed by atoms with Gasteiger partial charge in [-0.25, -0.2) is 0 Å². The molecule has 0 radical (unpaired) electrons. The average Bonchev–Trinajstić information content (AvgIpc) is 2.38. The molecule has 1 aliphatic heterocycles. The number of rotatable bonds is 4. The van der Waals surface area contributed by atoms with Crippen LogP contribution >= 0.6 is 0 Å². The quantitative estimate of drug-likeness (QED) is 0.752. The average molecular weight is 250 g/mol. The van der Waals surface area contributed by atoms with Crippen molar-refractivity contribution in [3.63, 3.8) is 0 Å². The lowest BCUT2D eigenvalue weighted by atomic mass is 9.77. The molecule has 0 bridgehead atoms. The molecule has 2 aliphatic rings. The minimum Gasteiger partial charge on any atom is -0.352 e. The predicted octanol–water partition coefficient (Wildman–Crippen LogP) is 2.38. The fraction of sp³-hybridized carbons (Fsp3) is 0.800. The van der Waals surface area contributed by atoms with Gasteiger partial charge in [0.1, 0.15) is 0 Å². The summed E-state index contributed by atoms with van der Waals surface area (Å²) in [4.78, 5) is 12.1. The molecule has 0 spiro atoms. The van der Waals surface area contributed by atoms with Gasteiger partial charge >= 0.3 is 0 Å². The lowest BCUT2D eigenvalue weighted by Gasteiger charge is -2.40. The minimum atomic E-state index is 0.0246. The molecule has 1 saturated heterocycles. The van der Waals surface area contributed by atoms with E-state index < -0.39 is 0 Å². The highest BCUT2D eigenvalue weighted by molar-refractivity contribution is 5.82. The van der Waals surface area contributed by atoms with Crippen LogP contribution in [0.4, 0.5) is 0 Å². The summed E-state index contributed by atoms with van der Waals surface area (Å²) in [5.74, 6) is 0.988. The van der Waals surface area contributed by atoms with Crippen LogP contribution in [-0.4, -0.2) is 24.0 Å². The summed E-state index contributed by atoms with van der Waals surface area (Å²) < 4.78 is 0. The first kappa shape index (κ1) is 13.6. The fourth-order valence-electron chi connectivity index (χ4n) is 3.35. The third kappa shape index (κ3) is 3.35. The Kier molecular flexibility index (Phi) is 4.81. The standard InChI is InChI=1S/C15H26N2O/c1-3-6-11(2)16-15(18)14-10-9-12-7-4-5-8-13(12)17-14/h3,11-14,17H,1,4-10H2,2H3,(H,16,18). The van der Waals surface area contributed by atoms with Gasteiger partial charge in [-0.05, 0) is 44.9 Å². The number of nitrogens with one attached hydrogen (secondary N) is 2. The van der Waals surface area contributed by atoms with Gasteiger partial charge in [-0.1, -0.05) is 18.9 Å². The van der Waals surface area contributed by atoms with Gasteiger partial charge in [-0.3, -0.25) is 4.79 Å². The van der Waals surface area contributed by atoms with Crippen LogP contribution in [0.15, 0.2) is 12.7 Å². The van der Waals surface area contributed by atoms with Crippen LogP contribution in [-0.2, 0) is 4.79 Å². The molecule has 0 aromatic rings. The number of piperidine rings is 1. The molecule has 0 aromatic carbocycles. The normalized spacial score (nSPS) is 33.3. The molecular formula is C15H26N2O. The largest absolute Gasteiger partial charge is 0.352 e. The van der Waals surface area contributed by atoms with Crippen molar-refractivity contribution < 1.29 is 4.79 Å². The van der Waals surface area contributed by atoms with Crippen LogP contribution in [0, 0.1) is 5.92 Å². The smallest absolute Gasteiger partial charge is 0.237 e. The van der Waals surface area contributed by atoms with E-state index in [-0.39, 0.29) is 18.0 Å². The zero-order valence-electron chi connectivity index (χ0n) is 11.5. The molecule has 3 nitrogen and oxygen atoms in total. The minimum absolute atomic E-state index is 0.0246. The van der Waals surface area contributed by atoms with Crippen LogP contribution in [0.5, 0.6) is 0 Å². The Morgan fingerprint density at radius 3 is 2.94 bits per heavy atom. The lowest BCUT2D eigenvalue weighted by Crippen LogP contribution is -2.55. The van der Waals surface area contributed by atoms with E-state index in [1.807, 2.05) is 13.0 Å². The molecular weight excluding hydrogens is 224 g/mol. The van der Waals surface area contributed by atoms with Gasteiger partial charge in [0.05, 0.1) is 6.04 Å². The summed E-state index contributed by atoms with van der Waals surface area (Å²) >= 11 is 0. The second kappa shape index (κ2) is 6.37. The van der Waals surface area contributed by atoms with Crippen LogP contribution < -0.4 is 10.6 Å². The zero-order chi connectivity index (χ0) is 13.0. The molecule has 3 heteroatoms. The molecule has 0 aromatic heterocycles. The van der Waals surface area contributed by atoms with E-state index >= 15 is 0 Å². The molecule has 1 saturated carbocycles. The Morgan fingerprint density at radius 2 is 2.17 bits per heavy atom. The van der Waals surface area contributed by atoms with Crippen molar-refractivity contribution in [3.8, 4) is 0 Å². The monoisotopic (exact) mass is 250 g/mol. The van der Waals surface area contributed by atoms with E-state index in [1.165, 1.54) is 32.1 Å². The number of carbonyl (C=O) groups is 1. The first-order chi connectivity index (χ1) is 8.70. The van der Waals surface area contributed by atoms with E-state index in [0.29, 0.717) is 6.04 Å². The van der Waals surface area contributed by atoms with Crippen LogP contribution in [0.3, 0.4) is 0 Å². The molecule has 1 aliphatic carbocycles. The molecule has 2 rings (SSSR count). The maximum atomic E-state index is 12.1. The predicted molar refractivity (Wildman–Crippen MR) is 74.3 cm³/mol. The summed E-state index contributed by atoms with van der Waals surface area (Å²) in [5, 5.41) is 6.64. The van der Waals surface area contributed by atoms with Gasteiger partial charge < -0.3 is 10.6 Å². The molecule has 102 valence electrons. The zero-order valence-corrected chi connectivity index (χ0v) is 11.5. The molecule has 2 fully saturated rings. The van der Waals surface area contributed by atoms with Gasteiger partial charge in [0.15, 0.2) is 0 Å². The summed E-state index contributed by atoms with van der Waals surface area (Å²) in [6.45, 7) is 5.74. The highest BCUT2D eigenvalue weighted by atomic mass is 16.2. The molecule has 18 heavy (non-hydrogen) atoms. The number of hydrogen-bond acceptors (Lipinski definition) is 2. The van der Waals surface area contributed by atoms with E-state index in [1.54, 1.807) is 0 Å². The van der Waals surface area contributed by atoms with Gasteiger partial charge in [0.25, 0.3) is 0 Å². The van der Waals surface area contributed by atoms with E-state index in [0.717, 1.165) is 18.8 Å². The maximum Gasteiger partial charge on any atom is 0.237 e. The third-order valence-corrected chi connectivity index (χ3v) is 4.38. The Morgan fingerprint density at radius 1 is 1.39 bits per heavy atom. The Hall–Kier alpha value is -0.830. The van der Waals surface area contributed by atoms with Gasteiger partial charge in [-0.2, -0.15) is 0 Å². The summed E-state index contributed by atoms with van der Waals surface area (Å²) in [6, 6.07) is 0.801. The molecule has 4 unspecified atom stereocenters. The summed E-state index contributed by atoms with van der Waals surface area (Å²) in [7, 11) is 0. The highest BCUT2D eigenvalue weighted by Crippen LogP contribution is 2.32. The summed E-state index contributed by atoms with van der Waals surface area (Å²) in [5.41, 5.74) is 0. The number of amides is 1. The second-order valence-electron chi connectivity index (χ2n) is 5.88. The number of fused-ring (bicyclic) bond motifs is 1. The topological polar surface area (TPSA) is 41.1 Å². The van der Waals surface area contributed by atoms with E-state index in [9.17, 15) is 4.79 Å². The second-order valence-corrected chi connectivity index (χ2v) is 5.88. The number of carbonyl (C=O) groups excluding carboxylic acids is 1. The molecule has 1 amide bonds. The highest BCUT2D eigenvalue weighted by Gasteiger charge is 2.34. The Balaban J connectivity index is 1.82. The van der Waals surface area contributed by atoms with Crippen molar-refractivity contribution in [2.24, 2.45) is 5.92 Å². The first-order valence-corrected chi connectivity index (χ1v) is 7.38. The molecule has 2 N–H and O–H groups in total. The van der Waals surface area contributed by atoms with E-state index in [2.05, 4.69) is 17.2 Å². The Bertz CT molecular complexity index is 303. The summed E-state index contributed by atoms with van der Waals surface area (Å²) in [6.07, 6.45) is 10.2. The van der Waals surface area contributed by atoms with Crippen LogP contribution in [0.25, 0.3) is 0 Å². The van der Waals surface area contributed by atoms with Crippen molar-refractivity contribution >= 4 is 5.91 Å².